The van der Waals surface area contributed by atoms with Crippen molar-refractivity contribution >= 4 is 40.6 Å². The largest absolute Gasteiger partial charge is 0.339 e. The fourth-order valence-corrected chi connectivity index (χ4v) is 4.67. The van der Waals surface area contributed by atoms with E-state index in [1.54, 1.807) is 24.0 Å². The van der Waals surface area contributed by atoms with Crippen molar-refractivity contribution in [3.63, 3.8) is 0 Å². The molecule has 0 aliphatic heterocycles. The Bertz CT molecular complexity index is 1170. The number of amides is 2. The van der Waals surface area contributed by atoms with Gasteiger partial charge in [0.15, 0.2) is 0 Å². The maximum absolute atomic E-state index is 13.1. The minimum atomic E-state index is -0.693. The Morgan fingerprint density at radius 2 is 1.70 bits per heavy atom. The fraction of sp³-hybridized carbons (Fsp3) is 0.115. The highest BCUT2D eigenvalue weighted by atomic mass is 32.2. The van der Waals surface area contributed by atoms with Gasteiger partial charge in [-0.15, -0.1) is 23.1 Å². The molecule has 0 bridgehead atoms. The summed E-state index contributed by atoms with van der Waals surface area (Å²) in [7, 11) is 0. The molecule has 4 rings (SSSR count). The summed E-state index contributed by atoms with van der Waals surface area (Å²) in [6, 6.07) is 24.2. The highest BCUT2D eigenvalue weighted by Gasteiger charge is 2.22. The number of carbonyl (C=O) groups is 2. The summed E-state index contributed by atoms with van der Waals surface area (Å²) in [6.07, 6.45) is 4.03. The van der Waals surface area contributed by atoms with Crippen molar-refractivity contribution in [1.29, 1.82) is 0 Å². The Balaban J connectivity index is 1.40. The van der Waals surface area contributed by atoms with Gasteiger partial charge in [0.2, 0.25) is 5.91 Å². The number of anilines is 1. The molecule has 0 unspecified atom stereocenters. The topological polar surface area (TPSA) is 71.1 Å². The van der Waals surface area contributed by atoms with E-state index in [9.17, 15) is 9.59 Å². The standard InChI is InChI=1S/C26H23N3O2S2/c30-25(28-21-10-12-22(13-11-21)33-18-20-8-4-14-27-17-20)23(16-19-6-2-1-3-7-19)29-26(31)24-9-5-15-32-24/h1-15,17,23H,16,18H2,(H,28,30)(H,29,31)/t23-/m0/s1. The number of hydrogen-bond acceptors (Lipinski definition) is 5. The SMILES string of the molecule is O=C(N[C@@H](Cc1ccccc1)C(=O)Nc1ccc(SCc2cccnc2)cc1)c1cccs1. The van der Waals surface area contributed by atoms with Crippen LogP contribution in [0.5, 0.6) is 0 Å². The highest BCUT2D eigenvalue weighted by molar-refractivity contribution is 7.98. The van der Waals surface area contributed by atoms with Gasteiger partial charge in [-0.05, 0) is 52.9 Å². The van der Waals surface area contributed by atoms with Crippen LogP contribution in [-0.4, -0.2) is 22.8 Å². The van der Waals surface area contributed by atoms with E-state index in [-0.39, 0.29) is 11.8 Å². The number of nitrogens with one attached hydrogen (secondary N) is 2. The van der Waals surface area contributed by atoms with Crippen molar-refractivity contribution in [1.82, 2.24) is 10.3 Å². The third-order valence-corrected chi connectivity index (χ3v) is 6.85. The lowest BCUT2D eigenvalue weighted by Gasteiger charge is -2.18. The van der Waals surface area contributed by atoms with Crippen molar-refractivity contribution in [2.75, 3.05) is 5.32 Å². The van der Waals surface area contributed by atoms with E-state index in [0.717, 1.165) is 21.8 Å². The molecule has 0 aliphatic rings. The van der Waals surface area contributed by atoms with E-state index in [1.807, 2.05) is 84.4 Å². The first kappa shape index (κ1) is 22.8. The van der Waals surface area contributed by atoms with Gasteiger partial charge < -0.3 is 10.6 Å². The van der Waals surface area contributed by atoms with E-state index >= 15 is 0 Å². The molecular formula is C26H23N3O2S2. The van der Waals surface area contributed by atoms with Crippen LogP contribution in [0.1, 0.15) is 20.8 Å². The first-order valence-electron chi connectivity index (χ1n) is 10.5. The Morgan fingerprint density at radius 1 is 0.909 bits per heavy atom. The quantitative estimate of drug-likeness (QED) is 0.319. The molecule has 0 spiro atoms. The zero-order valence-corrected chi connectivity index (χ0v) is 19.4. The van der Waals surface area contributed by atoms with Gasteiger partial charge >= 0.3 is 0 Å². The molecule has 0 fully saturated rings. The van der Waals surface area contributed by atoms with E-state index in [1.165, 1.54) is 11.3 Å². The van der Waals surface area contributed by atoms with E-state index < -0.39 is 6.04 Å². The van der Waals surface area contributed by atoms with E-state index in [4.69, 9.17) is 0 Å². The second-order valence-corrected chi connectivity index (χ2v) is 9.35. The lowest BCUT2D eigenvalue weighted by molar-refractivity contribution is -0.118. The highest BCUT2D eigenvalue weighted by Crippen LogP contribution is 2.24. The molecule has 0 saturated heterocycles. The Hall–Kier alpha value is -3.42. The summed E-state index contributed by atoms with van der Waals surface area (Å²) in [6.45, 7) is 0. The van der Waals surface area contributed by atoms with Crippen molar-refractivity contribution < 1.29 is 9.59 Å². The van der Waals surface area contributed by atoms with Crippen molar-refractivity contribution in [3.05, 3.63) is 113 Å². The first-order chi connectivity index (χ1) is 16.2. The van der Waals surface area contributed by atoms with Crippen LogP contribution in [0.3, 0.4) is 0 Å². The van der Waals surface area contributed by atoms with Crippen LogP contribution in [0.25, 0.3) is 0 Å². The lowest BCUT2D eigenvalue weighted by Crippen LogP contribution is -2.45. The minimum Gasteiger partial charge on any atom is -0.339 e. The molecule has 0 radical (unpaired) electrons. The number of carbonyl (C=O) groups excluding carboxylic acids is 2. The molecular weight excluding hydrogens is 450 g/mol. The zero-order valence-electron chi connectivity index (χ0n) is 17.8. The molecule has 2 N–H and O–H groups in total. The van der Waals surface area contributed by atoms with Crippen molar-refractivity contribution in [2.45, 2.75) is 23.1 Å². The molecule has 1 atom stereocenters. The molecule has 0 aliphatic carbocycles. The van der Waals surface area contributed by atoms with Crippen LogP contribution >= 0.6 is 23.1 Å². The molecule has 0 saturated carbocycles. The number of thiophene rings is 1. The number of aromatic nitrogens is 1. The van der Waals surface area contributed by atoms with Crippen LogP contribution in [0.2, 0.25) is 0 Å². The van der Waals surface area contributed by atoms with Gasteiger partial charge in [-0.1, -0.05) is 42.5 Å². The van der Waals surface area contributed by atoms with E-state index in [0.29, 0.717) is 17.0 Å². The van der Waals surface area contributed by atoms with Crippen LogP contribution < -0.4 is 10.6 Å². The maximum Gasteiger partial charge on any atom is 0.262 e. The number of pyridine rings is 1. The third kappa shape index (κ3) is 6.78. The second-order valence-electron chi connectivity index (χ2n) is 7.36. The number of hydrogen-bond donors (Lipinski definition) is 2. The third-order valence-electron chi connectivity index (χ3n) is 4.90. The summed E-state index contributed by atoms with van der Waals surface area (Å²) >= 11 is 3.06. The zero-order chi connectivity index (χ0) is 22.9. The predicted molar refractivity (Wildman–Crippen MR) is 135 cm³/mol. The summed E-state index contributed by atoms with van der Waals surface area (Å²) in [5, 5.41) is 7.67. The van der Waals surface area contributed by atoms with Gasteiger partial charge in [0.25, 0.3) is 5.91 Å². The summed E-state index contributed by atoms with van der Waals surface area (Å²) in [4.78, 5) is 31.5. The molecule has 7 heteroatoms. The van der Waals surface area contributed by atoms with E-state index in [2.05, 4.69) is 15.6 Å². The Labute approximate surface area is 201 Å². The molecule has 4 aromatic rings. The predicted octanol–water partition coefficient (Wildman–Crippen LogP) is 5.42. The fourth-order valence-electron chi connectivity index (χ4n) is 3.21. The molecule has 2 heterocycles. The molecule has 166 valence electrons. The summed E-state index contributed by atoms with van der Waals surface area (Å²) in [5.41, 5.74) is 2.82. The maximum atomic E-state index is 13.1. The monoisotopic (exact) mass is 473 g/mol. The molecule has 5 nitrogen and oxygen atoms in total. The first-order valence-corrected chi connectivity index (χ1v) is 12.3. The lowest BCUT2D eigenvalue weighted by atomic mass is 10.0. The summed E-state index contributed by atoms with van der Waals surface area (Å²) < 4.78 is 0. The van der Waals surface area contributed by atoms with Crippen LogP contribution in [-0.2, 0) is 17.0 Å². The normalized spacial score (nSPS) is 11.5. The summed E-state index contributed by atoms with van der Waals surface area (Å²) in [5.74, 6) is 0.329. The van der Waals surface area contributed by atoms with Gasteiger partial charge in [0, 0.05) is 35.2 Å². The van der Waals surface area contributed by atoms with Crippen molar-refractivity contribution in [3.8, 4) is 0 Å². The minimum absolute atomic E-state index is 0.247. The molecule has 2 aromatic heterocycles. The number of nitrogens with zero attached hydrogens (tertiary/aromatic N) is 1. The molecule has 2 amide bonds. The molecule has 2 aromatic carbocycles. The smallest absolute Gasteiger partial charge is 0.262 e. The van der Waals surface area contributed by atoms with Gasteiger partial charge in [-0.3, -0.25) is 14.6 Å². The van der Waals surface area contributed by atoms with Gasteiger partial charge in [-0.25, -0.2) is 0 Å². The van der Waals surface area contributed by atoms with Crippen LogP contribution in [0.15, 0.2) is 102 Å². The Morgan fingerprint density at radius 3 is 2.39 bits per heavy atom. The van der Waals surface area contributed by atoms with Gasteiger partial charge in [-0.2, -0.15) is 0 Å². The average Bonchev–Trinajstić information content (AvgIpc) is 3.40. The second kappa shape index (κ2) is 11.4. The number of thioether (sulfide) groups is 1. The van der Waals surface area contributed by atoms with Crippen LogP contribution in [0.4, 0.5) is 5.69 Å². The molecule has 33 heavy (non-hydrogen) atoms. The number of benzene rings is 2. The van der Waals surface area contributed by atoms with Crippen molar-refractivity contribution in [2.24, 2.45) is 0 Å². The van der Waals surface area contributed by atoms with Gasteiger partial charge in [0.05, 0.1) is 4.88 Å². The Kier molecular flexibility index (Phi) is 7.90. The van der Waals surface area contributed by atoms with Gasteiger partial charge in [0.1, 0.15) is 6.04 Å². The van der Waals surface area contributed by atoms with Crippen LogP contribution in [0, 0.1) is 0 Å². The number of rotatable bonds is 9. The average molecular weight is 474 g/mol.